The highest BCUT2D eigenvalue weighted by molar-refractivity contribution is 7.13. The molecule has 7 nitrogen and oxygen atoms in total. The molecule has 0 spiro atoms. The van der Waals surface area contributed by atoms with Crippen LogP contribution in [0.15, 0.2) is 5.38 Å². The van der Waals surface area contributed by atoms with Crippen LogP contribution in [0.2, 0.25) is 0 Å². The van der Waals surface area contributed by atoms with Crippen LogP contribution in [0.4, 0.5) is 5.13 Å². The molecule has 0 aliphatic carbocycles. The van der Waals surface area contributed by atoms with Gasteiger partial charge in [-0.1, -0.05) is 0 Å². The first-order valence-electron chi connectivity index (χ1n) is 5.22. The third kappa shape index (κ3) is 5.11. The lowest BCUT2D eigenvalue weighted by Crippen LogP contribution is -2.35. The number of nitrogen functional groups attached to an aromatic ring is 1. The maximum atomic E-state index is 11.5. The van der Waals surface area contributed by atoms with E-state index in [2.05, 4.69) is 10.3 Å². The number of anilines is 1. The number of rotatable bonds is 7. The van der Waals surface area contributed by atoms with Gasteiger partial charge in [0.1, 0.15) is 0 Å². The lowest BCUT2D eigenvalue weighted by Gasteiger charge is -2.13. The molecule has 1 aromatic rings. The Morgan fingerprint density at radius 3 is 2.89 bits per heavy atom. The number of hydrogen-bond acceptors (Lipinski definition) is 6. The number of hydrogen-bond donors (Lipinski definition) is 3. The molecule has 0 fully saturated rings. The first kappa shape index (κ1) is 14.4. The molecule has 8 heteroatoms. The fraction of sp³-hybridized carbons (Fsp3) is 0.500. The van der Waals surface area contributed by atoms with Gasteiger partial charge in [-0.25, -0.2) is 4.98 Å². The van der Waals surface area contributed by atoms with Crippen molar-refractivity contribution >= 4 is 28.3 Å². The number of methoxy groups -OCH3 is 1. The number of carboxylic acids is 1. The Morgan fingerprint density at radius 1 is 1.67 bits per heavy atom. The minimum Gasteiger partial charge on any atom is -0.481 e. The van der Waals surface area contributed by atoms with Crippen LogP contribution in [0.1, 0.15) is 12.1 Å². The lowest BCUT2D eigenvalue weighted by molar-refractivity contribution is -0.140. The average molecular weight is 273 g/mol. The molecule has 1 unspecified atom stereocenters. The topological polar surface area (TPSA) is 115 Å². The Labute approximate surface area is 108 Å². The molecule has 4 N–H and O–H groups in total. The van der Waals surface area contributed by atoms with E-state index in [9.17, 15) is 9.59 Å². The van der Waals surface area contributed by atoms with Gasteiger partial charge in [0.25, 0.3) is 0 Å². The molecule has 0 saturated heterocycles. The number of amides is 1. The molecule has 1 aromatic heterocycles. The van der Waals surface area contributed by atoms with Gasteiger partial charge in [-0.3, -0.25) is 9.59 Å². The zero-order chi connectivity index (χ0) is 13.5. The van der Waals surface area contributed by atoms with E-state index in [0.717, 1.165) is 0 Å². The van der Waals surface area contributed by atoms with Gasteiger partial charge in [0.15, 0.2) is 5.13 Å². The smallest absolute Gasteiger partial charge is 0.306 e. The summed E-state index contributed by atoms with van der Waals surface area (Å²) < 4.78 is 4.94. The molecule has 0 saturated carbocycles. The van der Waals surface area contributed by atoms with Crippen molar-refractivity contribution in [3.05, 3.63) is 11.1 Å². The van der Waals surface area contributed by atoms with Gasteiger partial charge in [-0.15, -0.1) is 11.3 Å². The van der Waals surface area contributed by atoms with E-state index in [1.54, 1.807) is 5.38 Å². The van der Waals surface area contributed by atoms with Gasteiger partial charge < -0.3 is 20.9 Å². The molecule has 0 radical (unpaired) electrons. The summed E-state index contributed by atoms with van der Waals surface area (Å²) in [6, 6.07) is 0. The number of nitrogens with two attached hydrogens (primary N) is 1. The molecule has 1 rings (SSSR count). The second-order valence-electron chi connectivity index (χ2n) is 3.61. The number of aromatic nitrogens is 1. The number of thiazole rings is 1. The monoisotopic (exact) mass is 273 g/mol. The normalized spacial score (nSPS) is 12.1. The van der Waals surface area contributed by atoms with Crippen LogP contribution in [-0.4, -0.2) is 41.7 Å². The lowest BCUT2D eigenvalue weighted by atomic mass is 10.2. The number of carbonyl (C=O) groups excluding carboxylic acids is 1. The Kier molecular flexibility index (Phi) is 5.53. The van der Waals surface area contributed by atoms with Gasteiger partial charge in [0.05, 0.1) is 24.6 Å². The number of carboxylic acid groups (broad SMARTS) is 1. The molecule has 0 aromatic carbocycles. The van der Waals surface area contributed by atoms with Crippen LogP contribution in [0.5, 0.6) is 0 Å². The van der Waals surface area contributed by atoms with E-state index in [0.29, 0.717) is 10.8 Å². The first-order chi connectivity index (χ1) is 8.51. The van der Waals surface area contributed by atoms with E-state index in [1.165, 1.54) is 18.4 Å². The molecule has 100 valence electrons. The van der Waals surface area contributed by atoms with Crippen molar-refractivity contribution in [1.82, 2.24) is 10.3 Å². The van der Waals surface area contributed by atoms with Crippen LogP contribution < -0.4 is 11.1 Å². The summed E-state index contributed by atoms with van der Waals surface area (Å²) >= 11 is 1.27. The number of nitrogens with zero attached hydrogens (tertiary/aromatic N) is 1. The Bertz CT molecular complexity index is 421. The van der Waals surface area contributed by atoms with E-state index in [-0.39, 0.29) is 25.3 Å². The van der Waals surface area contributed by atoms with Crippen molar-refractivity contribution < 1.29 is 19.4 Å². The summed E-state index contributed by atoms with van der Waals surface area (Å²) in [7, 11) is 1.40. The third-order valence-electron chi connectivity index (χ3n) is 2.17. The zero-order valence-electron chi connectivity index (χ0n) is 9.88. The Morgan fingerprint density at radius 2 is 2.39 bits per heavy atom. The number of aliphatic carboxylic acids is 1. The summed E-state index contributed by atoms with van der Waals surface area (Å²) in [5.74, 6) is -1.21. The molecule has 1 atom stereocenters. The number of ether oxygens (including phenoxy) is 1. The van der Waals surface area contributed by atoms with Crippen LogP contribution >= 0.6 is 11.3 Å². The van der Waals surface area contributed by atoms with Crippen molar-refractivity contribution in [1.29, 1.82) is 0 Å². The maximum Gasteiger partial charge on any atom is 0.306 e. The summed E-state index contributed by atoms with van der Waals surface area (Å²) in [6.07, 6.45) is -0.565. The first-order valence-corrected chi connectivity index (χ1v) is 6.10. The SMILES string of the molecule is COC(CNC(=O)Cc1csc(N)n1)CC(=O)O. The quantitative estimate of drug-likeness (QED) is 0.637. The van der Waals surface area contributed by atoms with Gasteiger partial charge in [0, 0.05) is 19.0 Å². The van der Waals surface area contributed by atoms with E-state index >= 15 is 0 Å². The van der Waals surface area contributed by atoms with E-state index < -0.39 is 12.1 Å². The fourth-order valence-corrected chi connectivity index (χ4v) is 1.85. The van der Waals surface area contributed by atoms with Crippen molar-refractivity contribution in [2.75, 3.05) is 19.4 Å². The fourth-order valence-electron chi connectivity index (χ4n) is 1.29. The van der Waals surface area contributed by atoms with Crippen LogP contribution in [0, 0.1) is 0 Å². The maximum absolute atomic E-state index is 11.5. The molecular weight excluding hydrogens is 258 g/mol. The molecule has 1 amide bonds. The summed E-state index contributed by atoms with van der Waals surface area (Å²) in [6.45, 7) is 0.154. The predicted molar refractivity (Wildman–Crippen MR) is 66.3 cm³/mol. The largest absolute Gasteiger partial charge is 0.481 e. The molecule has 18 heavy (non-hydrogen) atoms. The van der Waals surface area contributed by atoms with Crippen LogP contribution in [0.3, 0.4) is 0 Å². The van der Waals surface area contributed by atoms with Gasteiger partial charge in [-0.05, 0) is 0 Å². The summed E-state index contributed by atoms with van der Waals surface area (Å²) in [5, 5.41) is 13.3. The third-order valence-corrected chi connectivity index (χ3v) is 2.90. The molecule has 0 aliphatic rings. The number of nitrogens with one attached hydrogen (secondary N) is 1. The second-order valence-corrected chi connectivity index (χ2v) is 4.50. The molecule has 1 heterocycles. The minimum absolute atomic E-state index is 0.122. The highest BCUT2D eigenvalue weighted by atomic mass is 32.1. The average Bonchev–Trinajstić information content (AvgIpc) is 2.69. The van der Waals surface area contributed by atoms with Gasteiger partial charge in [-0.2, -0.15) is 0 Å². The number of carbonyl (C=O) groups is 2. The van der Waals surface area contributed by atoms with Gasteiger partial charge in [0.2, 0.25) is 5.91 Å². The van der Waals surface area contributed by atoms with Crippen molar-refractivity contribution in [2.45, 2.75) is 18.9 Å². The standard InChI is InChI=1S/C10H15N3O4S/c1-17-7(3-9(15)16)4-12-8(14)2-6-5-18-10(11)13-6/h5,7H,2-4H2,1H3,(H2,11,13)(H,12,14)(H,15,16). The summed E-state index contributed by atoms with van der Waals surface area (Å²) in [5.41, 5.74) is 6.04. The predicted octanol–water partition coefficient (Wildman–Crippen LogP) is -0.126. The molecule has 0 aliphatic heterocycles. The Hall–Kier alpha value is -1.67. The van der Waals surface area contributed by atoms with Gasteiger partial charge >= 0.3 is 5.97 Å². The van der Waals surface area contributed by atoms with Crippen molar-refractivity contribution in [3.63, 3.8) is 0 Å². The van der Waals surface area contributed by atoms with Crippen LogP contribution in [-0.2, 0) is 20.7 Å². The second kappa shape index (κ2) is 6.92. The zero-order valence-corrected chi connectivity index (χ0v) is 10.7. The highest BCUT2D eigenvalue weighted by Crippen LogP contribution is 2.11. The minimum atomic E-state index is -0.969. The Balaban J connectivity index is 2.33. The van der Waals surface area contributed by atoms with Crippen LogP contribution in [0.25, 0.3) is 0 Å². The molecular formula is C10H15N3O4S. The van der Waals surface area contributed by atoms with Crippen molar-refractivity contribution in [3.8, 4) is 0 Å². The van der Waals surface area contributed by atoms with E-state index in [1.807, 2.05) is 0 Å². The molecule has 0 bridgehead atoms. The summed E-state index contributed by atoms with van der Waals surface area (Å²) in [4.78, 5) is 26.0. The van der Waals surface area contributed by atoms with E-state index in [4.69, 9.17) is 15.6 Å². The highest BCUT2D eigenvalue weighted by Gasteiger charge is 2.14. The van der Waals surface area contributed by atoms with Crippen molar-refractivity contribution in [2.24, 2.45) is 0 Å².